The lowest BCUT2D eigenvalue weighted by Gasteiger charge is -2.26. The smallest absolute Gasteiger partial charge is 0.105 e. The maximum atomic E-state index is 10.4. The molecule has 0 bridgehead atoms. The summed E-state index contributed by atoms with van der Waals surface area (Å²) in [4.78, 5) is 0. The molecule has 1 aromatic carbocycles. The molecule has 0 amide bonds. The monoisotopic (exact) mass is 323 g/mol. The van der Waals surface area contributed by atoms with E-state index in [-0.39, 0.29) is 6.10 Å². The van der Waals surface area contributed by atoms with E-state index in [4.69, 9.17) is 39.5 Å². The Bertz CT molecular complexity index is 469. The maximum Gasteiger partial charge on any atom is 0.105 e. The second-order valence-electron chi connectivity index (χ2n) is 4.79. The fraction of sp³-hybridized carbons (Fsp3) is 0.538. The van der Waals surface area contributed by atoms with E-state index in [0.717, 1.165) is 5.56 Å². The number of aliphatic hydroxyl groups is 1. The van der Waals surface area contributed by atoms with E-state index in [1.807, 2.05) is 6.92 Å². The van der Waals surface area contributed by atoms with Crippen molar-refractivity contribution in [1.29, 1.82) is 0 Å². The molecule has 0 aromatic heterocycles. The molecule has 2 N–H and O–H groups in total. The molecule has 1 heterocycles. The molecule has 106 valence electrons. The van der Waals surface area contributed by atoms with Crippen LogP contribution < -0.4 is 5.32 Å². The van der Waals surface area contributed by atoms with Crippen molar-refractivity contribution in [3.63, 3.8) is 0 Å². The number of benzene rings is 1. The first-order valence-corrected chi connectivity index (χ1v) is 7.24. The molecular weight excluding hydrogens is 309 g/mol. The van der Waals surface area contributed by atoms with Crippen LogP contribution in [0.5, 0.6) is 0 Å². The van der Waals surface area contributed by atoms with Gasteiger partial charge < -0.3 is 15.2 Å². The highest BCUT2D eigenvalue weighted by molar-refractivity contribution is 6.44. The zero-order chi connectivity index (χ0) is 14.0. The van der Waals surface area contributed by atoms with Crippen molar-refractivity contribution >= 4 is 34.8 Å². The second-order valence-corrected chi connectivity index (χ2v) is 5.98. The fourth-order valence-corrected chi connectivity index (χ4v) is 2.82. The van der Waals surface area contributed by atoms with Gasteiger partial charge >= 0.3 is 0 Å². The Labute approximate surface area is 127 Å². The highest BCUT2D eigenvalue weighted by Crippen LogP contribution is 2.31. The fourth-order valence-electron chi connectivity index (χ4n) is 2.14. The Morgan fingerprint density at radius 1 is 1.37 bits per heavy atom. The summed E-state index contributed by atoms with van der Waals surface area (Å²) in [6.07, 6.45) is 0.448. The van der Waals surface area contributed by atoms with Crippen LogP contribution in [-0.2, 0) is 11.3 Å². The first-order chi connectivity index (χ1) is 8.94. The van der Waals surface area contributed by atoms with Gasteiger partial charge in [-0.05, 0) is 19.1 Å². The van der Waals surface area contributed by atoms with E-state index in [0.29, 0.717) is 41.2 Å². The summed E-state index contributed by atoms with van der Waals surface area (Å²) in [5.41, 5.74) is -0.0941. The largest absolute Gasteiger partial charge is 0.386 e. The lowest BCUT2D eigenvalue weighted by molar-refractivity contribution is -0.0262. The summed E-state index contributed by atoms with van der Waals surface area (Å²) in [6, 6.07) is 3.37. The first-order valence-electron chi connectivity index (χ1n) is 6.11. The molecule has 19 heavy (non-hydrogen) atoms. The lowest BCUT2D eigenvalue weighted by Crippen LogP contribution is -2.45. The molecule has 0 aliphatic carbocycles. The van der Waals surface area contributed by atoms with Crippen molar-refractivity contribution in [3.05, 3.63) is 32.8 Å². The topological polar surface area (TPSA) is 41.5 Å². The van der Waals surface area contributed by atoms with Crippen LogP contribution in [0.15, 0.2) is 12.1 Å². The average Bonchev–Trinajstić information content (AvgIpc) is 2.69. The van der Waals surface area contributed by atoms with E-state index >= 15 is 0 Å². The van der Waals surface area contributed by atoms with Crippen molar-refractivity contribution in [2.45, 2.75) is 31.6 Å². The number of hydrogen-bond acceptors (Lipinski definition) is 3. The van der Waals surface area contributed by atoms with E-state index in [9.17, 15) is 5.11 Å². The average molecular weight is 325 g/mol. The number of halogens is 3. The Kier molecular flexibility index (Phi) is 4.99. The minimum absolute atomic E-state index is 0.176. The molecule has 1 aliphatic rings. The van der Waals surface area contributed by atoms with E-state index < -0.39 is 5.60 Å². The van der Waals surface area contributed by atoms with Gasteiger partial charge in [0, 0.05) is 36.7 Å². The highest BCUT2D eigenvalue weighted by atomic mass is 35.5. The number of ether oxygens (including phenoxy) is 1. The Hall–Kier alpha value is -0.0300. The molecule has 1 saturated heterocycles. The minimum atomic E-state index is -0.836. The molecule has 0 saturated carbocycles. The Balaban J connectivity index is 1.98. The first kappa shape index (κ1) is 15.4. The minimum Gasteiger partial charge on any atom is -0.386 e. The van der Waals surface area contributed by atoms with Gasteiger partial charge in [-0.1, -0.05) is 34.8 Å². The molecule has 1 fully saturated rings. The van der Waals surface area contributed by atoms with Gasteiger partial charge in [-0.2, -0.15) is 0 Å². The van der Waals surface area contributed by atoms with Gasteiger partial charge in [0.2, 0.25) is 0 Å². The van der Waals surface area contributed by atoms with Gasteiger partial charge in [-0.3, -0.25) is 0 Å². The molecule has 6 heteroatoms. The van der Waals surface area contributed by atoms with Gasteiger partial charge in [0.1, 0.15) is 5.60 Å². The van der Waals surface area contributed by atoms with Crippen LogP contribution in [0.1, 0.15) is 18.9 Å². The van der Waals surface area contributed by atoms with E-state index in [1.54, 1.807) is 12.1 Å². The second kappa shape index (κ2) is 6.17. The summed E-state index contributed by atoms with van der Waals surface area (Å²) in [5.74, 6) is 0. The third kappa shape index (κ3) is 3.35. The Morgan fingerprint density at radius 3 is 2.68 bits per heavy atom. The van der Waals surface area contributed by atoms with E-state index in [1.165, 1.54) is 0 Å². The predicted octanol–water partition coefficient (Wildman–Crippen LogP) is 3.28. The number of rotatable bonds is 4. The molecule has 1 aromatic rings. The van der Waals surface area contributed by atoms with Crippen LogP contribution in [0, 0.1) is 0 Å². The molecule has 2 atom stereocenters. The van der Waals surface area contributed by atoms with Gasteiger partial charge in [-0.15, -0.1) is 0 Å². The molecule has 1 aliphatic heterocycles. The van der Waals surface area contributed by atoms with Gasteiger partial charge in [0.05, 0.1) is 16.1 Å². The number of nitrogens with one attached hydrogen (secondary N) is 1. The van der Waals surface area contributed by atoms with Crippen LogP contribution in [0.2, 0.25) is 15.1 Å². The summed E-state index contributed by atoms with van der Waals surface area (Å²) >= 11 is 18.2. The maximum absolute atomic E-state index is 10.4. The molecule has 2 unspecified atom stereocenters. The summed E-state index contributed by atoms with van der Waals surface area (Å²) in [5, 5.41) is 15.0. The summed E-state index contributed by atoms with van der Waals surface area (Å²) in [6.45, 7) is 3.33. The molecular formula is C13H16Cl3NO2. The van der Waals surface area contributed by atoms with Crippen molar-refractivity contribution in [1.82, 2.24) is 5.32 Å². The molecule has 3 nitrogen and oxygen atoms in total. The predicted molar refractivity (Wildman–Crippen MR) is 78.2 cm³/mol. The highest BCUT2D eigenvalue weighted by Gasteiger charge is 2.39. The zero-order valence-corrected chi connectivity index (χ0v) is 12.8. The molecule has 0 radical (unpaired) electrons. The van der Waals surface area contributed by atoms with E-state index in [2.05, 4.69) is 5.32 Å². The van der Waals surface area contributed by atoms with Gasteiger partial charge in [-0.25, -0.2) is 0 Å². The normalized spacial score (nSPS) is 26.9. The molecule has 2 rings (SSSR count). The van der Waals surface area contributed by atoms with Crippen molar-refractivity contribution in [3.8, 4) is 0 Å². The summed E-state index contributed by atoms with van der Waals surface area (Å²) in [7, 11) is 0. The van der Waals surface area contributed by atoms with Crippen LogP contribution in [0.25, 0.3) is 0 Å². The van der Waals surface area contributed by atoms with Crippen LogP contribution in [0.4, 0.5) is 0 Å². The van der Waals surface area contributed by atoms with Crippen LogP contribution in [0.3, 0.4) is 0 Å². The van der Waals surface area contributed by atoms with Crippen molar-refractivity contribution in [2.24, 2.45) is 0 Å². The number of hydrogen-bond donors (Lipinski definition) is 2. The van der Waals surface area contributed by atoms with Crippen LogP contribution in [-0.4, -0.2) is 30.0 Å². The van der Waals surface area contributed by atoms with Crippen LogP contribution >= 0.6 is 34.8 Å². The van der Waals surface area contributed by atoms with Gasteiger partial charge in [0.25, 0.3) is 0 Å². The zero-order valence-electron chi connectivity index (χ0n) is 10.5. The molecule has 0 spiro atoms. The standard InChI is InChI=1S/C13H16Cl3NO2/c1-8-13(18,4-5-19-8)7-17-6-9-10(14)2-3-11(15)12(9)16/h2-3,8,17-18H,4-7H2,1H3. The SMILES string of the molecule is CC1OCCC1(O)CNCc1c(Cl)ccc(Cl)c1Cl. The third-order valence-electron chi connectivity index (χ3n) is 3.53. The lowest BCUT2D eigenvalue weighted by atomic mass is 9.96. The third-order valence-corrected chi connectivity index (χ3v) is 4.73. The summed E-state index contributed by atoms with van der Waals surface area (Å²) < 4.78 is 5.37. The Morgan fingerprint density at radius 2 is 2.05 bits per heavy atom. The van der Waals surface area contributed by atoms with Crippen molar-refractivity contribution in [2.75, 3.05) is 13.2 Å². The van der Waals surface area contributed by atoms with Gasteiger partial charge in [0.15, 0.2) is 0 Å². The quantitative estimate of drug-likeness (QED) is 0.835. The van der Waals surface area contributed by atoms with Crippen molar-refractivity contribution < 1.29 is 9.84 Å².